The standard InChI is InChI=1S/C22H24N4O2/c1-15-5-3-7-18(13-15)25-11-9-17(10-12-25)24-21(27)19-14-23-20-8-4-6-16(2)26(20)22(19)28/h3-8,13-14,17H,9-12H2,1-2H3,(H,24,27). The van der Waals surface area contributed by atoms with Crippen LogP contribution < -0.4 is 15.8 Å². The first-order valence-electron chi connectivity index (χ1n) is 9.63. The Morgan fingerprint density at radius 1 is 1.11 bits per heavy atom. The summed E-state index contributed by atoms with van der Waals surface area (Å²) < 4.78 is 1.48. The van der Waals surface area contributed by atoms with Gasteiger partial charge in [0.2, 0.25) is 0 Å². The quantitative estimate of drug-likeness (QED) is 0.763. The molecule has 1 aliphatic heterocycles. The van der Waals surface area contributed by atoms with Crippen LogP contribution in [0.4, 0.5) is 5.69 Å². The maximum absolute atomic E-state index is 12.8. The van der Waals surface area contributed by atoms with Crippen molar-refractivity contribution in [1.29, 1.82) is 0 Å². The Kier molecular flexibility index (Phi) is 4.86. The molecular weight excluding hydrogens is 352 g/mol. The van der Waals surface area contributed by atoms with Crippen LogP contribution in [0, 0.1) is 13.8 Å². The van der Waals surface area contributed by atoms with Crippen LogP contribution in [0.15, 0.2) is 53.5 Å². The number of nitrogens with zero attached hydrogens (tertiary/aromatic N) is 3. The van der Waals surface area contributed by atoms with Crippen molar-refractivity contribution >= 4 is 17.2 Å². The van der Waals surface area contributed by atoms with Crippen molar-refractivity contribution in [2.75, 3.05) is 18.0 Å². The lowest BCUT2D eigenvalue weighted by molar-refractivity contribution is 0.0929. The number of aromatic nitrogens is 2. The number of amides is 1. The first-order chi connectivity index (χ1) is 13.5. The predicted octanol–water partition coefficient (Wildman–Crippen LogP) is 2.71. The summed E-state index contributed by atoms with van der Waals surface area (Å²) >= 11 is 0. The van der Waals surface area contributed by atoms with Gasteiger partial charge in [0.15, 0.2) is 0 Å². The zero-order valence-electron chi connectivity index (χ0n) is 16.2. The number of rotatable bonds is 3. The lowest BCUT2D eigenvalue weighted by Crippen LogP contribution is -2.46. The molecular formula is C22H24N4O2. The first kappa shape index (κ1) is 18.2. The van der Waals surface area contributed by atoms with E-state index in [1.807, 2.05) is 19.1 Å². The third-order valence-corrected chi connectivity index (χ3v) is 5.37. The smallest absolute Gasteiger partial charge is 0.270 e. The van der Waals surface area contributed by atoms with Crippen molar-refractivity contribution in [1.82, 2.24) is 14.7 Å². The summed E-state index contributed by atoms with van der Waals surface area (Å²) in [5.74, 6) is -0.343. The van der Waals surface area contributed by atoms with Crippen molar-refractivity contribution < 1.29 is 4.79 Å². The molecule has 1 amide bonds. The number of benzene rings is 1. The van der Waals surface area contributed by atoms with Crippen LogP contribution in [0.25, 0.3) is 5.65 Å². The van der Waals surface area contributed by atoms with E-state index >= 15 is 0 Å². The minimum atomic E-state index is -0.343. The molecule has 1 aromatic carbocycles. The van der Waals surface area contributed by atoms with Gasteiger partial charge in [-0.05, 0) is 56.5 Å². The minimum absolute atomic E-state index is 0.0607. The predicted molar refractivity (Wildman–Crippen MR) is 110 cm³/mol. The topological polar surface area (TPSA) is 66.7 Å². The number of carbonyl (C=O) groups is 1. The van der Waals surface area contributed by atoms with Crippen LogP contribution >= 0.6 is 0 Å². The van der Waals surface area contributed by atoms with E-state index in [1.54, 1.807) is 6.07 Å². The number of aryl methyl sites for hydroxylation is 2. The Balaban J connectivity index is 1.45. The van der Waals surface area contributed by atoms with E-state index in [1.165, 1.54) is 21.8 Å². The van der Waals surface area contributed by atoms with Crippen LogP contribution in [0.3, 0.4) is 0 Å². The van der Waals surface area contributed by atoms with Gasteiger partial charge in [0.05, 0.1) is 0 Å². The highest BCUT2D eigenvalue weighted by atomic mass is 16.2. The van der Waals surface area contributed by atoms with Crippen molar-refractivity contribution in [3.63, 3.8) is 0 Å². The molecule has 144 valence electrons. The number of piperidine rings is 1. The summed E-state index contributed by atoms with van der Waals surface area (Å²) in [6.07, 6.45) is 3.08. The Morgan fingerprint density at radius 3 is 2.61 bits per heavy atom. The highest BCUT2D eigenvalue weighted by Gasteiger charge is 2.23. The number of carbonyl (C=O) groups excluding carboxylic acids is 1. The monoisotopic (exact) mass is 376 g/mol. The second-order valence-corrected chi connectivity index (χ2v) is 7.41. The molecule has 4 rings (SSSR count). The third kappa shape index (κ3) is 3.50. The van der Waals surface area contributed by atoms with E-state index in [2.05, 4.69) is 46.4 Å². The van der Waals surface area contributed by atoms with Crippen molar-refractivity contribution in [2.45, 2.75) is 32.7 Å². The van der Waals surface area contributed by atoms with Gasteiger partial charge in [0.1, 0.15) is 11.2 Å². The molecule has 0 radical (unpaired) electrons. The zero-order valence-corrected chi connectivity index (χ0v) is 16.2. The van der Waals surface area contributed by atoms with Gasteiger partial charge in [-0.15, -0.1) is 0 Å². The minimum Gasteiger partial charge on any atom is -0.371 e. The van der Waals surface area contributed by atoms with Crippen LogP contribution in [-0.2, 0) is 0 Å². The number of hydrogen-bond donors (Lipinski definition) is 1. The van der Waals surface area contributed by atoms with Crippen molar-refractivity contribution in [3.05, 3.63) is 75.8 Å². The van der Waals surface area contributed by atoms with E-state index < -0.39 is 0 Å². The second-order valence-electron chi connectivity index (χ2n) is 7.41. The maximum Gasteiger partial charge on any atom is 0.270 e. The molecule has 1 fully saturated rings. The fourth-order valence-electron chi connectivity index (χ4n) is 3.80. The summed E-state index contributed by atoms with van der Waals surface area (Å²) in [6.45, 7) is 5.68. The molecule has 6 heteroatoms. The fourth-order valence-corrected chi connectivity index (χ4v) is 3.80. The van der Waals surface area contributed by atoms with Crippen LogP contribution in [0.1, 0.15) is 34.5 Å². The van der Waals surface area contributed by atoms with Gasteiger partial charge in [0.25, 0.3) is 11.5 Å². The van der Waals surface area contributed by atoms with Crippen LogP contribution in [0.2, 0.25) is 0 Å². The zero-order chi connectivity index (χ0) is 19.7. The molecule has 0 bridgehead atoms. The van der Waals surface area contributed by atoms with E-state index in [-0.39, 0.29) is 23.1 Å². The van der Waals surface area contributed by atoms with E-state index in [0.717, 1.165) is 31.6 Å². The molecule has 0 aliphatic carbocycles. The summed E-state index contributed by atoms with van der Waals surface area (Å²) in [4.78, 5) is 32.1. The van der Waals surface area contributed by atoms with E-state index in [0.29, 0.717) is 5.65 Å². The van der Waals surface area contributed by atoms with Gasteiger partial charge in [-0.3, -0.25) is 14.0 Å². The molecule has 3 heterocycles. The van der Waals surface area contributed by atoms with Gasteiger partial charge in [-0.1, -0.05) is 18.2 Å². The SMILES string of the molecule is Cc1cccc(N2CCC(NC(=O)c3cnc4cccc(C)n4c3=O)CC2)c1. The average Bonchev–Trinajstić information content (AvgIpc) is 2.69. The Labute approximate surface area is 163 Å². The molecule has 28 heavy (non-hydrogen) atoms. The Bertz CT molecular complexity index is 1080. The second kappa shape index (κ2) is 7.46. The molecule has 1 N–H and O–H groups in total. The highest BCUT2D eigenvalue weighted by molar-refractivity contribution is 5.94. The summed E-state index contributed by atoms with van der Waals surface area (Å²) in [5, 5.41) is 3.02. The fraction of sp³-hybridized carbons (Fsp3) is 0.318. The average molecular weight is 376 g/mol. The molecule has 0 saturated carbocycles. The van der Waals surface area contributed by atoms with Gasteiger partial charge in [-0.2, -0.15) is 0 Å². The summed E-state index contributed by atoms with van der Waals surface area (Å²) in [6, 6.07) is 14.0. The van der Waals surface area contributed by atoms with Crippen LogP contribution in [0.5, 0.6) is 0 Å². The number of hydrogen-bond acceptors (Lipinski definition) is 4. The normalized spacial score (nSPS) is 15.0. The largest absolute Gasteiger partial charge is 0.371 e. The van der Waals surface area contributed by atoms with Gasteiger partial charge < -0.3 is 10.2 Å². The number of fused-ring (bicyclic) bond motifs is 1. The Hall–Kier alpha value is -3.15. The summed E-state index contributed by atoms with van der Waals surface area (Å²) in [5.41, 5.74) is 3.54. The van der Waals surface area contributed by atoms with E-state index in [9.17, 15) is 9.59 Å². The Morgan fingerprint density at radius 2 is 1.86 bits per heavy atom. The molecule has 0 unspecified atom stereocenters. The number of nitrogens with one attached hydrogen (secondary N) is 1. The molecule has 3 aromatic rings. The molecule has 6 nitrogen and oxygen atoms in total. The van der Waals surface area contributed by atoms with Gasteiger partial charge in [0, 0.05) is 36.7 Å². The number of anilines is 1. The van der Waals surface area contributed by atoms with Gasteiger partial charge in [-0.25, -0.2) is 4.98 Å². The first-order valence-corrected chi connectivity index (χ1v) is 9.63. The maximum atomic E-state index is 12.8. The molecule has 1 aliphatic rings. The molecule has 0 spiro atoms. The number of pyridine rings is 1. The van der Waals surface area contributed by atoms with Crippen molar-refractivity contribution in [3.8, 4) is 0 Å². The molecule has 1 saturated heterocycles. The third-order valence-electron chi connectivity index (χ3n) is 5.37. The highest BCUT2D eigenvalue weighted by Crippen LogP contribution is 2.21. The molecule has 0 atom stereocenters. The summed E-state index contributed by atoms with van der Waals surface area (Å²) in [7, 11) is 0. The van der Waals surface area contributed by atoms with Crippen molar-refractivity contribution in [2.24, 2.45) is 0 Å². The molecule has 2 aromatic heterocycles. The van der Waals surface area contributed by atoms with Gasteiger partial charge >= 0.3 is 0 Å². The lowest BCUT2D eigenvalue weighted by atomic mass is 10.0. The van der Waals surface area contributed by atoms with E-state index in [4.69, 9.17) is 0 Å². The van der Waals surface area contributed by atoms with Crippen LogP contribution in [-0.4, -0.2) is 34.4 Å². The lowest BCUT2D eigenvalue weighted by Gasteiger charge is -2.34.